The second-order valence-corrected chi connectivity index (χ2v) is 8.88. The van der Waals surface area contributed by atoms with Gasteiger partial charge in [0.05, 0.1) is 11.8 Å². The molecule has 4 rings (SSSR count). The van der Waals surface area contributed by atoms with Crippen molar-refractivity contribution in [2.75, 3.05) is 45.8 Å². The number of rotatable bonds is 7. The van der Waals surface area contributed by atoms with Crippen molar-refractivity contribution in [2.24, 2.45) is 34.6 Å². The fourth-order valence-corrected chi connectivity index (χ4v) is 5.62. The molecule has 0 aromatic heterocycles. The highest BCUT2D eigenvalue weighted by Gasteiger charge is 2.58. The van der Waals surface area contributed by atoms with E-state index < -0.39 is 0 Å². The lowest BCUT2D eigenvalue weighted by molar-refractivity contribution is -0.140. The Labute approximate surface area is 197 Å². The molecule has 30 heavy (non-hydrogen) atoms. The van der Waals surface area contributed by atoms with E-state index >= 15 is 0 Å². The maximum atomic E-state index is 12.8. The molecule has 2 N–H and O–H groups in total. The van der Waals surface area contributed by atoms with Gasteiger partial charge in [-0.2, -0.15) is 0 Å². The van der Waals surface area contributed by atoms with Gasteiger partial charge in [-0.15, -0.1) is 24.0 Å². The summed E-state index contributed by atoms with van der Waals surface area (Å²) in [6.07, 6.45) is 7.73. The Morgan fingerprint density at radius 3 is 2.47 bits per heavy atom. The molecule has 2 saturated heterocycles. The zero-order valence-electron chi connectivity index (χ0n) is 18.2. The number of likely N-dealkylation sites (tertiary alicyclic amines) is 2. The van der Waals surface area contributed by atoms with Crippen molar-refractivity contribution < 1.29 is 9.59 Å². The average molecular weight is 529 g/mol. The quantitative estimate of drug-likeness (QED) is 0.173. The molecule has 4 aliphatic rings. The minimum Gasteiger partial charge on any atom is -0.357 e. The van der Waals surface area contributed by atoms with Gasteiger partial charge in [0, 0.05) is 32.7 Å². The summed E-state index contributed by atoms with van der Waals surface area (Å²) in [6.45, 7) is 10.3. The lowest BCUT2D eigenvalue weighted by atomic mass is 9.85. The van der Waals surface area contributed by atoms with Crippen molar-refractivity contribution in [1.82, 2.24) is 20.4 Å². The second-order valence-electron chi connectivity index (χ2n) is 8.88. The number of piperidine rings is 1. The third kappa shape index (κ3) is 4.69. The van der Waals surface area contributed by atoms with Gasteiger partial charge in [0.25, 0.3) is 0 Å². The molecule has 2 amide bonds. The van der Waals surface area contributed by atoms with Crippen molar-refractivity contribution >= 4 is 41.8 Å². The highest BCUT2D eigenvalue weighted by molar-refractivity contribution is 14.0. The summed E-state index contributed by atoms with van der Waals surface area (Å²) in [4.78, 5) is 34.3. The van der Waals surface area contributed by atoms with Gasteiger partial charge in [0.15, 0.2) is 5.96 Å². The van der Waals surface area contributed by atoms with Crippen LogP contribution in [0.3, 0.4) is 0 Å². The topological polar surface area (TPSA) is 77.0 Å². The molecular weight excluding hydrogens is 493 g/mol. The predicted octanol–water partition coefficient (Wildman–Crippen LogP) is 1.70. The van der Waals surface area contributed by atoms with Gasteiger partial charge in [-0.05, 0) is 57.0 Å². The Balaban J connectivity index is 0.00000256. The van der Waals surface area contributed by atoms with Crippen molar-refractivity contribution in [2.45, 2.75) is 33.1 Å². The van der Waals surface area contributed by atoms with Crippen LogP contribution in [0.1, 0.15) is 33.1 Å². The molecule has 3 fully saturated rings. The summed E-state index contributed by atoms with van der Waals surface area (Å²) in [5.74, 6) is 1.78. The summed E-state index contributed by atoms with van der Waals surface area (Å²) >= 11 is 0. The lowest BCUT2D eigenvalue weighted by Gasteiger charge is -2.31. The van der Waals surface area contributed by atoms with Crippen LogP contribution in [0.4, 0.5) is 0 Å². The number of halogens is 1. The molecular formula is C22H36IN5O2. The summed E-state index contributed by atoms with van der Waals surface area (Å²) in [5, 5.41) is 6.61. The highest BCUT2D eigenvalue weighted by atomic mass is 127. The molecule has 2 bridgehead atoms. The SMILES string of the molecule is CCNC(=NCC1CCCN(CC)C1)NCCN1C(=O)C2C3C=CC(C3)C2C1=O.I. The maximum absolute atomic E-state index is 12.8. The minimum atomic E-state index is -0.104. The first-order valence-corrected chi connectivity index (χ1v) is 11.4. The Hall–Kier alpha value is -1.16. The van der Waals surface area contributed by atoms with Crippen LogP contribution in [-0.2, 0) is 9.59 Å². The number of hydrogen-bond acceptors (Lipinski definition) is 4. The zero-order valence-corrected chi connectivity index (χ0v) is 20.5. The molecule has 8 heteroatoms. The minimum absolute atomic E-state index is 0. The number of allylic oxidation sites excluding steroid dienone is 2. The third-order valence-corrected chi connectivity index (χ3v) is 7.09. The van der Waals surface area contributed by atoms with E-state index in [-0.39, 0.29) is 59.5 Å². The van der Waals surface area contributed by atoms with Gasteiger partial charge in [0.1, 0.15) is 0 Å². The van der Waals surface area contributed by atoms with Crippen LogP contribution in [0.25, 0.3) is 0 Å². The molecule has 2 aliphatic heterocycles. The van der Waals surface area contributed by atoms with Crippen LogP contribution >= 0.6 is 24.0 Å². The molecule has 2 aliphatic carbocycles. The summed E-state index contributed by atoms with van der Waals surface area (Å²) in [7, 11) is 0. The monoisotopic (exact) mass is 529 g/mol. The number of guanidine groups is 1. The number of carbonyl (C=O) groups excluding carboxylic acids is 2. The summed E-state index contributed by atoms with van der Waals surface area (Å²) in [5.41, 5.74) is 0. The Morgan fingerprint density at radius 2 is 1.83 bits per heavy atom. The van der Waals surface area contributed by atoms with E-state index in [0.29, 0.717) is 19.0 Å². The highest BCUT2D eigenvalue weighted by Crippen LogP contribution is 2.52. The average Bonchev–Trinajstić information content (AvgIpc) is 3.41. The predicted molar refractivity (Wildman–Crippen MR) is 129 cm³/mol. The number of hydrogen-bond donors (Lipinski definition) is 2. The zero-order chi connectivity index (χ0) is 20.4. The van der Waals surface area contributed by atoms with E-state index in [1.807, 2.05) is 6.92 Å². The van der Waals surface area contributed by atoms with Crippen molar-refractivity contribution in [3.63, 3.8) is 0 Å². The first-order chi connectivity index (χ1) is 14.1. The molecule has 5 unspecified atom stereocenters. The smallest absolute Gasteiger partial charge is 0.233 e. The second kappa shape index (κ2) is 10.4. The van der Waals surface area contributed by atoms with Crippen LogP contribution in [0.15, 0.2) is 17.1 Å². The number of nitrogens with zero attached hydrogens (tertiary/aromatic N) is 3. The maximum Gasteiger partial charge on any atom is 0.233 e. The number of aliphatic imine (C=N–C) groups is 1. The van der Waals surface area contributed by atoms with Crippen LogP contribution in [0.5, 0.6) is 0 Å². The summed E-state index contributed by atoms with van der Waals surface area (Å²) < 4.78 is 0. The van der Waals surface area contributed by atoms with Crippen molar-refractivity contribution in [3.8, 4) is 0 Å². The van der Waals surface area contributed by atoms with E-state index in [1.54, 1.807) is 0 Å². The molecule has 0 radical (unpaired) electrons. The molecule has 1 saturated carbocycles. The molecule has 0 aromatic carbocycles. The molecule has 7 nitrogen and oxygen atoms in total. The molecule has 0 spiro atoms. The largest absolute Gasteiger partial charge is 0.357 e. The van der Waals surface area contributed by atoms with E-state index in [0.717, 1.165) is 38.6 Å². The normalized spacial score (nSPS) is 33.1. The van der Waals surface area contributed by atoms with Crippen LogP contribution in [0.2, 0.25) is 0 Å². The van der Waals surface area contributed by atoms with Gasteiger partial charge in [-0.25, -0.2) is 0 Å². The number of nitrogens with one attached hydrogen (secondary N) is 2. The fraction of sp³-hybridized carbons (Fsp3) is 0.773. The number of fused-ring (bicyclic) bond motifs is 5. The van der Waals surface area contributed by atoms with Gasteiger partial charge in [-0.1, -0.05) is 19.1 Å². The Kier molecular flexibility index (Phi) is 8.17. The first kappa shape index (κ1) is 23.5. The van der Waals surface area contributed by atoms with E-state index in [2.05, 4.69) is 34.6 Å². The molecule has 168 valence electrons. The van der Waals surface area contributed by atoms with Crippen molar-refractivity contribution in [1.29, 1.82) is 0 Å². The first-order valence-electron chi connectivity index (χ1n) is 11.4. The van der Waals surface area contributed by atoms with Gasteiger partial charge in [-0.3, -0.25) is 19.5 Å². The number of imide groups is 1. The van der Waals surface area contributed by atoms with E-state index in [9.17, 15) is 9.59 Å². The Bertz CT molecular complexity index is 667. The van der Waals surface area contributed by atoms with E-state index in [4.69, 9.17) is 4.99 Å². The van der Waals surface area contributed by atoms with Crippen molar-refractivity contribution in [3.05, 3.63) is 12.2 Å². The van der Waals surface area contributed by atoms with Gasteiger partial charge < -0.3 is 15.5 Å². The number of carbonyl (C=O) groups is 2. The van der Waals surface area contributed by atoms with E-state index in [1.165, 1.54) is 24.3 Å². The Morgan fingerprint density at radius 1 is 1.13 bits per heavy atom. The molecule has 2 heterocycles. The standard InChI is InChI=1S/C22H35N5O2.HI/c1-3-23-22(25-13-15-6-5-10-26(4-2)14-15)24-9-11-27-20(28)18-16-7-8-17(12-16)19(18)21(27)29;/h7-8,15-19H,3-6,9-14H2,1-2H3,(H2,23,24,25);1H. The van der Waals surface area contributed by atoms with Gasteiger partial charge >= 0.3 is 0 Å². The fourth-order valence-electron chi connectivity index (χ4n) is 5.62. The summed E-state index contributed by atoms with van der Waals surface area (Å²) in [6, 6.07) is 0. The third-order valence-electron chi connectivity index (χ3n) is 7.09. The van der Waals surface area contributed by atoms with Crippen LogP contribution < -0.4 is 10.6 Å². The van der Waals surface area contributed by atoms with Crippen LogP contribution in [0, 0.1) is 29.6 Å². The van der Waals surface area contributed by atoms with Crippen LogP contribution in [-0.4, -0.2) is 73.4 Å². The lowest BCUT2D eigenvalue weighted by Crippen LogP contribution is -2.44. The van der Waals surface area contributed by atoms with Gasteiger partial charge in [0.2, 0.25) is 11.8 Å². The number of amides is 2. The molecule has 5 atom stereocenters. The molecule has 0 aromatic rings.